The highest BCUT2D eigenvalue weighted by Gasteiger charge is 2.19. The first kappa shape index (κ1) is 24.0. The first-order valence-electron chi connectivity index (χ1n) is 11.8. The summed E-state index contributed by atoms with van der Waals surface area (Å²) < 4.78 is 12.5. The number of hydrogen-bond donors (Lipinski definition) is 1. The number of fused-ring (bicyclic) bond motifs is 1. The van der Waals surface area contributed by atoms with Crippen LogP contribution in [0.3, 0.4) is 0 Å². The van der Waals surface area contributed by atoms with Crippen molar-refractivity contribution < 1.29 is 18.7 Å². The molecular formula is C27H25N3O5S. The third kappa shape index (κ3) is 5.42. The monoisotopic (exact) mass is 503 g/mol. The molecule has 3 heterocycles. The molecule has 4 aromatic rings. The third-order valence-corrected chi connectivity index (χ3v) is 7.00. The molecule has 1 saturated heterocycles. The van der Waals surface area contributed by atoms with Crippen molar-refractivity contribution in [1.82, 2.24) is 14.9 Å². The Morgan fingerprint density at radius 1 is 1.08 bits per heavy atom. The van der Waals surface area contributed by atoms with Gasteiger partial charge in [0, 0.05) is 24.3 Å². The second-order valence-electron chi connectivity index (χ2n) is 8.52. The van der Waals surface area contributed by atoms with Crippen LogP contribution in [0.4, 0.5) is 0 Å². The van der Waals surface area contributed by atoms with Gasteiger partial charge in [0.15, 0.2) is 10.9 Å². The largest absolute Gasteiger partial charge is 0.467 e. The summed E-state index contributed by atoms with van der Waals surface area (Å²) >= 11 is 1.19. The smallest absolute Gasteiger partial charge is 0.262 e. The highest BCUT2D eigenvalue weighted by molar-refractivity contribution is 7.99. The van der Waals surface area contributed by atoms with Crippen LogP contribution in [0.1, 0.15) is 39.3 Å². The predicted molar refractivity (Wildman–Crippen MR) is 137 cm³/mol. The number of aromatic nitrogens is 2. The lowest BCUT2D eigenvalue weighted by Crippen LogP contribution is -2.31. The van der Waals surface area contributed by atoms with Crippen molar-refractivity contribution in [3.63, 3.8) is 0 Å². The molecular weight excluding hydrogens is 478 g/mol. The summed E-state index contributed by atoms with van der Waals surface area (Å²) in [7, 11) is 0. The molecule has 0 aliphatic carbocycles. The van der Waals surface area contributed by atoms with E-state index in [0.29, 0.717) is 39.5 Å². The Labute approximate surface area is 211 Å². The van der Waals surface area contributed by atoms with Gasteiger partial charge >= 0.3 is 0 Å². The fourth-order valence-corrected chi connectivity index (χ4v) is 4.99. The minimum absolute atomic E-state index is 0.0338. The lowest BCUT2D eigenvalue weighted by molar-refractivity contribution is 0.0857. The number of Topliss-reactive ketones (excluding diaryl/α,β-unsaturated/α-hetero) is 1. The maximum Gasteiger partial charge on any atom is 0.262 e. The van der Waals surface area contributed by atoms with E-state index in [1.165, 1.54) is 16.3 Å². The van der Waals surface area contributed by atoms with Crippen LogP contribution in [0, 0.1) is 0 Å². The molecule has 1 N–H and O–H groups in total. The lowest BCUT2D eigenvalue weighted by atomic mass is 10.1. The quantitative estimate of drug-likeness (QED) is 0.210. The number of ether oxygens (including phenoxy) is 1. The SMILES string of the molecule is O=C(CSc1nc2cc(C(=O)NC[C@@H]3CCCO3)ccc2c(=O)n1Cc1ccco1)c1ccccc1. The van der Waals surface area contributed by atoms with Gasteiger partial charge in [-0.25, -0.2) is 4.98 Å². The first-order valence-corrected chi connectivity index (χ1v) is 12.7. The number of nitrogens with one attached hydrogen (secondary N) is 1. The number of thioether (sulfide) groups is 1. The number of furan rings is 1. The van der Waals surface area contributed by atoms with Gasteiger partial charge in [-0.1, -0.05) is 42.1 Å². The van der Waals surface area contributed by atoms with Crippen LogP contribution in [0.25, 0.3) is 10.9 Å². The van der Waals surface area contributed by atoms with Gasteiger partial charge in [-0.2, -0.15) is 0 Å². The van der Waals surface area contributed by atoms with Crippen molar-refractivity contribution in [3.8, 4) is 0 Å². The van der Waals surface area contributed by atoms with Crippen LogP contribution in [0.2, 0.25) is 0 Å². The van der Waals surface area contributed by atoms with Crippen molar-refractivity contribution in [2.24, 2.45) is 0 Å². The molecule has 1 fully saturated rings. The van der Waals surface area contributed by atoms with E-state index in [0.717, 1.165) is 19.4 Å². The summed E-state index contributed by atoms with van der Waals surface area (Å²) in [5, 5.41) is 3.66. The Morgan fingerprint density at radius 3 is 2.69 bits per heavy atom. The number of amides is 1. The van der Waals surface area contributed by atoms with E-state index in [-0.39, 0.29) is 35.7 Å². The van der Waals surface area contributed by atoms with Gasteiger partial charge < -0.3 is 14.5 Å². The Kier molecular flexibility index (Phi) is 7.29. The highest BCUT2D eigenvalue weighted by Crippen LogP contribution is 2.21. The minimum Gasteiger partial charge on any atom is -0.467 e. The van der Waals surface area contributed by atoms with E-state index in [9.17, 15) is 14.4 Å². The summed E-state index contributed by atoms with van der Waals surface area (Å²) in [4.78, 5) is 43.6. The van der Waals surface area contributed by atoms with Crippen molar-refractivity contribution >= 4 is 34.4 Å². The fraction of sp³-hybridized carbons (Fsp3) is 0.259. The van der Waals surface area contributed by atoms with Crippen LogP contribution < -0.4 is 10.9 Å². The molecule has 1 amide bonds. The average Bonchev–Trinajstić information content (AvgIpc) is 3.62. The maximum atomic E-state index is 13.4. The number of carbonyl (C=O) groups is 2. The third-order valence-electron chi connectivity index (χ3n) is 6.02. The van der Waals surface area contributed by atoms with Crippen LogP contribution in [-0.4, -0.2) is 46.2 Å². The van der Waals surface area contributed by atoms with Crippen molar-refractivity contribution in [2.75, 3.05) is 18.9 Å². The van der Waals surface area contributed by atoms with Gasteiger partial charge in [0.25, 0.3) is 11.5 Å². The normalized spacial score (nSPS) is 15.3. The first-order chi connectivity index (χ1) is 17.6. The zero-order valence-corrected chi connectivity index (χ0v) is 20.3. The second kappa shape index (κ2) is 10.9. The molecule has 8 nitrogen and oxygen atoms in total. The molecule has 0 bridgehead atoms. The predicted octanol–water partition coefficient (Wildman–Crippen LogP) is 3.92. The van der Waals surface area contributed by atoms with Gasteiger partial charge in [-0.15, -0.1) is 0 Å². The van der Waals surface area contributed by atoms with Crippen molar-refractivity contribution in [3.05, 3.63) is 94.2 Å². The van der Waals surface area contributed by atoms with Crippen LogP contribution in [0.5, 0.6) is 0 Å². The molecule has 1 atom stereocenters. The van der Waals surface area contributed by atoms with E-state index < -0.39 is 0 Å². The average molecular weight is 504 g/mol. The molecule has 0 saturated carbocycles. The van der Waals surface area contributed by atoms with E-state index >= 15 is 0 Å². The molecule has 0 unspecified atom stereocenters. The van der Waals surface area contributed by atoms with Gasteiger partial charge in [-0.05, 0) is 43.2 Å². The Hall–Kier alpha value is -3.69. The molecule has 1 aliphatic rings. The van der Waals surface area contributed by atoms with Crippen LogP contribution >= 0.6 is 11.8 Å². The second-order valence-corrected chi connectivity index (χ2v) is 9.46. The van der Waals surface area contributed by atoms with E-state index in [1.54, 1.807) is 48.7 Å². The number of nitrogens with zero attached hydrogens (tertiary/aromatic N) is 2. The topological polar surface area (TPSA) is 103 Å². The van der Waals surface area contributed by atoms with Gasteiger partial charge in [-0.3, -0.25) is 19.0 Å². The van der Waals surface area contributed by atoms with Crippen LogP contribution in [-0.2, 0) is 11.3 Å². The van der Waals surface area contributed by atoms with Crippen molar-refractivity contribution in [2.45, 2.75) is 30.6 Å². The van der Waals surface area contributed by atoms with Gasteiger partial charge in [0.2, 0.25) is 0 Å². The van der Waals surface area contributed by atoms with E-state index in [1.807, 2.05) is 18.2 Å². The Bertz CT molecular complexity index is 1430. The zero-order chi connectivity index (χ0) is 24.9. The summed E-state index contributed by atoms with van der Waals surface area (Å²) in [5.74, 6) is 0.394. The molecule has 36 heavy (non-hydrogen) atoms. The lowest BCUT2D eigenvalue weighted by Gasteiger charge is -2.13. The summed E-state index contributed by atoms with van der Waals surface area (Å²) in [6, 6.07) is 17.4. The Morgan fingerprint density at radius 2 is 1.94 bits per heavy atom. The molecule has 5 rings (SSSR count). The molecule has 184 valence electrons. The standard InChI is InChI=1S/C27H25N3O5S/c31-24(18-6-2-1-3-7-18)17-36-27-29-23-14-19(25(32)28-15-20-8-4-12-34-20)10-11-22(23)26(33)30(27)16-21-9-5-13-35-21/h1-3,5-7,9-11,13-14,20H,4,8,12,15-17H2,(H,28,32)/t20-/m0/s1. The number of carbonyl (C=O) groups excluding carboxylic acids is 2. The van der Waals surface area contributed by atoms with Gasteiger partial charge in [0.05, 0.1) is 35.6 Å². The van der Waals surface area contributed by atoms with E-state index in [2.05, 4.69) is 5.32 Å². The number of hydrogen-bond acceptors (Lipinski definition) is 7. The summed E-state index contributed by atoms with van der Waals surface area (Å²) in [5.41, 5.74) is 1.14. The minimum atomic E-state index is -0.266. The molecule has 2 aromatic heterocycles. The summed E-state index contributed by atoms with van der Waals surface area (Å²) in [6.07, 6.45) is 3.50. The van der Waals surface area contributed by atoms with Crippen molar-refractivity contribution in [1.29, 1.82) is 0 Å². The number of ketones is 1. The van der Waals surface area contributed by atoms with E-state index in [4.69, 9.17) is 14.1 Å². The molecule has 0 spiro atoms. The molecule has 2 aromatic carbocycles. The van der Waals surface area contributed by atoms with Crippen LogP contribution in [0.15, 0.2) is 81.3 Å². The number of benzene rings is 2. The number of rotatable bonds is 9. The maximum absolute atomic E-state index is 13.4. The summed E-state index contributed by atoms with van der Waals surface area (Å²) in [6.45, 7) is 1.34. The molecule has 0 radical (unpaired) electrons. The Balaban J connectivity index is 1.44. The van der Waals surface area contributed by atoms with Gasteiger partial charge in [0.1, 0.15) is 5.76 Å². The molecule has 1 aliphatic heterocycles. The fourth-order valence-electron chi connectivity index (χ4n) is 4.10. The molecule has 9 heteroatoms. The highest BCUT2D eigenvalue weighted by atomic mass is 32.2. The zero-order valence-electron chi connectivity index (χ0n) is 19.5.